The summed E-state index contributed by atoms with van der Waals surface area (Å²) in [7, 11) is 1.67. The largest absolute Gasteiger partial charge is 0.485 e. The molecule has 2 aliphatic heterocycles. The van der Waals surface area contributed by atoms with Gasteiger partial charge in [0.25, 0.3) is 5.91 Å². The van der Waals surface area contributed by atoms with Crippen LogP contribution >= 0.6 is 0 Å². The second-order valence-corrected chi connectivity index (χ2v) is 11.5. The quantitative estimate of drug-likeness (QED) is 0.445. The van der Waals surface area contributed by atoms with Crippen LogP contribution in [0.25, 0.3) is 0 Å². The van der Waals surface area contributed by atoms with Gasteiger partial charge in [-0.25, -0.2) is 4.79 Å². The van der Waals surface area contributed by atoms with Gasteiger partial charge in [-0.1, -0.05) is 32.3 Å². The summed E-state index contributed by atoms with van der Waals surface area (Å²) in [6, 6.07) is 9.56. The van der Waals surface area contributed by atoms with Crippen molar-refractivity contribution in [1.29, 1.82) is 0 Å². The van der Waals surface area contributed by atoms with Crippen LogP contribution < -0.4 is 24.8 Å². The van der Waals surface area contributed by atoms with Crippen LogP contribution in [0.5, 0.6) is 17.2 Å². The summed E-state index contributed by atoms with van der Waals surface area (Å²) < 4.78 is 17.3. The Balaban J connectivity index is 1.39. The number of rotatable bonds is 7. The van der Waals surface area contributed by atoms with Gasteiger partial charge in [0.2, 0.25) is 12.7 Å². The zero-order valence-electron chi connectivity index (χ0n) is 24.4. The standard InChI is InChI=1S/C31H40N4O7/c1-19-15-35(20(2)17-36)30(38)23-10-7-11-24(33-29(37)21-8-5-4-6-9-21)28(23)42-27(19)16-34(3)31(39)32-22-12-13-25-26(14-22)41-18-40-25/h7,10-14,19-21,27,36H,4-6,8-9,15-18H2,1-3H3,(H,32,39)(H,33,37)/t19-,20+,27-/m0/s1. The number of aliphatic hydroxyl groups excluding tert-OH is 1. The van der Waals surface area contributed by atoms with Gasteiger partial charge in [-0.3, -0.25) is 9.59 Å². The maximum Gasteiger partial charge on any atom is 0.321 e. The molecule has 0 unspecified atom stereocenters. The van der Waals surface area contributed by atoms with Crippen molar-refractivity contribution in [2.24, 2.45) is 11.8 Å². The number of anilines is 2. The van der Waals surface area contributed by atoms with Crippen LogP contribution in [0.4, 0.5) is 16.2 Å². The third kappa shape index (κ3) is 6.41. The molecule has 0 radical (unpaired) electrons. The van der Waals surface area contributed by atoms with Crippen molar-refractivity contribution in [1.82, 2.24) is 9.80 Å². The SMILES string of the molecule is C[C@H](CO)N1C[C@H](C)[C@H](CN(C)C(=O)Nc2ccc3c(c2)OCO3)Oc2c(NC(=O)C3CCCCC3)cccc2C1=O. The second kappa shape index (κ2) is 12.9. The van der Waals surface area contributed by atoms with Gasteiger partial charge in [0.15, 0.2) is 17.2 Å². The van der Waals surface area contributed by atoms with Crippen LogP contribution in [0.3, 0.4) is 0 Å². The smallest absolute Gasteiger partial charge is 0.321 e. The van der Waals surface area contributed by atoms with Crippen molar-refractivity contribution < 1.29 is 33.7 Å². The molecular weight excluding hydrogens is 540 g/mol. The number of amides is 4. The van der Waals surface area contributed by atoms with Crippen molar-refractivity contribution in [3.05, 3.63) is 42.0 Å². The van der Waals surface area contributed by atoms with Gasteiger partial charge in [-0.05, 0) is 44.0 Å². The lowest BCUT2D eigenvalue weighted by Crippen LogP contribution is -2.50. The van der Waals surface area contributed by atoms with E-state index in [0.29, 0.717) is 35.0 Å². The Kier molecular flexibility index (Phi) is 9.06. The van der Waals surface area contributed by atoms with E-state index in [-0.39, 0.29) is 55.4 Å². The van der Waals surface area contributed by atoms with E-state index in [0.717, 1.165) is 32.1 Å². The third-order valence-electron chi connectivity index (χ3n) is 8.35. The number of nitrogens with one attached hydrogen (secondary N) is 2. The Morgan fingerprint density at radius 3 is 2.62 bits per heavy atom. The summed E-state index contributed by atoms with van der Waals surface area (Å²) in [4.78, 5) is 43.3. The summed E-state index contributed by atoms with van der Waals surface area (Å²) in [5, 5.41) is 15.9. The number of carbonyl (C=O) groups is 3. The van der Waals surface area contributed by atoms with E-state index in [4.69, 9.17) is 14.2 Å². The molecular formula is C31H40N4O7. The highest BCUT2D eigenvalue weighted by molar-refractivity contribution is 6.02. The van der Waals surface area contributed by atoms with Crippen molar-refractivity contribution in [3.63, 3.8) is 0 Å². The van der Waals surface area contributed by atoms with Gasteiger partial charge in [-0.15, -0.1) is 0 Å². The van der Waals surface area contributed by atoms with Crippen LogP contribution in [0.2, 0.25) is 0 Å². The summed E-state index contributed by atoms with van der Waals surface area (Å²) in [6.07, 6.45) is 4.33. The molecule has 42 heavy (non-hydrogen) atoms. The summed E-state index contributed by atoms with van der Waals surface area (Å²) in [5.74, 6) is 0.826. The number of nitrogens with zero attached hydrogens (tertiary/aromatic N) is 2. The molecule has 5 rings (SSSR count). The highest BCUT2D eigenvalue weighted by Gasteiger charge is 2.35. The fraction of sp³-hybridized carbons (Fsp3) is 0.516. The molecule has 3 N–H and O–H groups in total. The van der Waals surface area contributed by atoms with Crippen LogP contribution in [-0.4, -0.2) is 78.4 Å². The maximum absolute atomic E-state index is 13.7. The first-order valence-corrected chi connectivity index (χ1v) is 14.7. The molecule has 11 heteroatoms. The monoisotopic (exact) mass is 580 g/mol. The first-order valence-electron chi connectivity index (χ1n) is 14.7. The van der Waals surface area contributed by atoms with Gasteiger partial charge in [0.05, 0.1) is 30.4 Å². The lowest BCUT2D eigenvalue weighted by molar-refractivity contribution is -0.120. The van der Waals surface area contributed by atoms with Crippen molar-refractivity contribution in [2.45, 2.75) is 58.1 Å². The number of urea groups is 1. The number of hydrogen-bond acceptors (Lipinski definition) is 7. The van der Waals surface area contributed by atoms with Crippen LogP contribution in [0, 0.1) is 11.8 Å². The van der Waals surface area contributed by atoms with Gasteiger partial charge < -0.3 is 39.8 Å². The van der Waals surface area contributed by atoms with Gasteiger partial charge in [0, 0.05) is 37.2 Å². The molecule has 0 saturated heterocycles. The maximum atomic E-state index is 13.7. The highest BCUT2D eigenvalue weighted by Crippen LogP contribution is 2.37. The highest BCUT2D eigenvalue weighted by atomic mass is 16.7. The molecule has 1 saturated carbocycles. The van der Waals surface area contributed by atoms with E-state index < -0.39 is 12.1 Å². The molecule has 2 aromatic carbocycles. The minimum absolute atomic E-state index is 0.0772. The van der Waals surface area contributed by atoms with E-state index in [9.17, 15) is 19.5 Å². The summed E-state index contributed by atoms with van der Waals surface area (Å²) in [6.45, 7) is 4.21. The summed E-state index contributed by atoms with van der Waals surface area (Å²) >= 11 is 0. The number of ether oxygens (including phenoxy) is 3. The van der Waals surface area contributed by atoms with Gasteiger partial charge in [0.1, 0.15) is 6.10 Å². The van der Waals surface area contributed by atoms with E-state index in [1.54, 1.807) is 55.3 Å². The fourth-order valence-corrected chi connectivity index (χ4v) is 5.71. The van der Waals surface area contributed by atoms with Crippen molar-refractivity contribution in [2.75, 3.05) is 44.2 Å². The van der Waals surface area contributed by atoms with Crippen LogP contribution in [-0.2, 0) is 4.79 Å². The number of aliphatic hydroxyl groups is 1. The summed E-state index contributed by atoms with van der Waals surface area (Å²) in [5.41, 5.74) is 1.30. The molecule has 226 valence electrons. The van der Waals surface area contributed by atoms with Gasteiger partial charge in [-0.2, -0.15) is 0 Å². The number of likely N-dealkylation sites (N-methyl/N-ethyl adjacent to an activating group) is 1. The van der Waals surface area contributed by atoms with Crippen LogP contribution in [0.1, 0.15) is 56.3 Å². The molecule has 0 spiro atoms. The molecule has 11 nitrogen and oxygen atoms in total. The van der Waals surface area contributed by atoms with E-state index in [1.165, 1.54) is 4.90 Å². The van der Waals surface area contributed by atoms with Crippen molar-refractivity contribution >= 4 is 29.2 Å². The lowest BCUT2D eigenvalue weighted by Gasteiger charge is -2.38. The predicted octanol–water partition coefficient (Wildman–Crippen LogP) is 4.32. The Morgan fingerprint density at radius 1 is 1.10 bits per heavy atom. The third-order valence-corrected chi connectivity index (χ3v) is 8.35. The molecule has 1 aliphatic carbocycles. The average Bonchev–Trinajstić information content (AvgIpc) is 3.47. The molecule has 2 aromatic rings. The Morgan fingerprint density at radius 2 is 1.86 bits per heavy atom. The molecule has 0 bridgehead atoms. The number of hydrogen-bond donors (Lipinski definition) is 3. The molecule has 3 aliphatic rings. The van der Waals surface area contributed by atoms with E-state index in [2.05, 4.69) is 10.6 Å². The minimum Gasteiger partial charge on any atom is -0.485 e. The molecule has 1 fully saturated rings. The Bertz CT molecular complexity index is 1310. The average molecular weight is 581 g/mol. The minimum atomic E-state index is -0.523. The van der Waals surface area contributed by atoms with Crippen LogP contribution in [0.15, 0.2) is 36.4 Å². The number of fused-ring (bicyclic) bond motifs is 2. The Hall–Kier alpha value is -3.99. The van der Waals surface area contributed by atoms with E-state index in [1.807, 2.05) is 6.92 Å². The zero-order chi connectivity index (χ0) is 29.8. The molecule has 2 heterocycles. The second-order valence-electron chi connectivity index (χ2n) is 11.5. The van der Waals surface area contributed by atoms with E-state index >= 15 is 0 Å². The number of carbonyl (C=O) groups excluding carboxylic acids is 3. The zero-order valence-corrected chi connectivity index (χ0v) is 24.4. The first kappa shape index (κ1) is 29.5. The van der Waals surface area contributed by atoms with Gasteiger partial charge >= 0.3 is 6.03 Å². The van der Waals surface area contributed by atoms with Crippen molar-refractivity contribution in [3.8, 4) is 17.2 Å². The Labute approximate surface area is 246 Å². The normalized spacial score (nSPS) is 21.0. The fourth-order valence-electron chi connectivity index (χ4n) is 5.71. The predicted molar refractivity (Wildman–Crippen MR) is 157 cm³/mol. The molecule has 0 aromatic heterocycles. The first-order chi connectivity index (χ1) is 20.2. The molecule has 3 atom stereocenters. The molecule has 4 amide bonds. The topological polar surface area (TPSA) is 130 Å². The number of benzene rings is 2. The number of para-hydroxylation sites is 1. The lowest BCUT2D eigenvalue weighted by atomic mass is 9.88.